The fourth-order valence-corrected chi connectivity index (χ4v) is 1.61. The maximum Gasteiger partial charge on any atom is 0.265 e. The molecule has 0 bridgehead atoms. The summed E-state index contributed by atoms with van der Waals surface area (Å²) in [6, 6.07) is 19.9. The lowest BCUT2D eigenvalue weighted by Gasteiger charge is -2.04. The highest BCUT2D eigenvalue weighted by Gasteiger charge is 2.05. The summed E-state index contributed by atoms with van der Waals surface area (Å²) in [5, 5.41) is 15.4. The van der Waals surface area contributed by atoms with Gasteiger partial charge in [-0.1, -0.05) is 53.7 Å². The van der Waals surface area contributed by atoms with Crippen LogP contribution >= 0.6 is 0 Å². The quantitative estimate of drug-likeness (QED) is 0.675. The fourth-order valence-electron chi connectivity index (χ4n) is 1.61. The van der Waals surface area contributed by atoms with Crippen molar-refractivity contribution in [2.24, 2.45) is 5.16 Å². The largest absolute Gasteiger partial charge is 0.385 e. The van der Waals surface area contributed by atoms with E-state index < -0.39 is 0 Å². The fraction of sp³-hybridized carbons (Fsp3) is 0.0625. The number of nitrogens with one attached hydrogen (secondary N) is 1. The molecule has 0 fully saturated rings. The highest BCUT2D eigenvalue weighted by Crippen LogP contribution is 2.05. The molecule has 5 nitrogen and oxygen atoms in total. The number of para-hydroxylation sites is 1. The van der Waals surface area contributed by atoms with Gasteiger partial charge in [-0.25, -0.2) is 0 Å². The number of carbonyl (C=O) groups excluding carboxylic acids is 1. The summed E-state index contributed by atoms with van der Waals surface area (Å²) in [6.45, 7) is -0.257. The van der Waals surface area contributed by atoms with Gasteiger partial charge in [-0.15, -0.1) is 0 Å². The molecule has 1 N–H and O–H groups in total. The van der Waals surface area contributed by atoms with Gasteiger partial charge in [-0.05, 0) is 12.1 Å². The maximum atomic E-state index is 11.6. The summed E-state index contributed by atoms with van der Waals surface area (Å²) in [4.78, 5) is 16.6. The van der Waals surface area contributed by atoms with Crippen LogP contribution < -0.4 is 5.32 Å². The third kappa shape index (κ3) is 4.48. The number of nitrogens with zero attached hydrogens (tertiary/aromatic N) is 2. The lowest BCUT2D eigenvalue weighted by molar-refractivity contribution is -0.120. The van der Waals surface area contributed by atoms with Gasteiger partial charge in [0.1, 0.15) is 6.07 Å². The van der Waals surface area contributed by atoms with Gasteiger partial charge >= 0.3 is 0 Å². The van der Waals surface area contributed by atoms with E-state index in [1.54, 1.807) is 36.4 Å². The molecule has 0 aliphatic rings. The topological polar surface area (TPSA) is 74.5 Å². The zero-order valence-electron chi connectivity index (χ0n) is 11.2. The molecule has 2 aromatic carbocycles. The predicted octanol–water partition coefficient (Wildman–Crippen LogP) is 2.57. The third-order valence-electron chi connectivity index (χ3n) is 2.56. The van der Waals surface area contributed by atoms with Gasteiger partial charge in [0.2, 0.25) is 0 Å². The third-order valence-corrected chi connectivity index (χ3v) is 2.56. The van der Waals surface area contributed by atoms with Gasteiger partial charge in [-0.3, -0.25) is 4.79 Å². The summed E-state index contributed by atoms with van der Waals surface area (Å²) < 4.78 is 0. The van der Waals surface area contributed by atoms with Crippen molar-refractivity contribution in [3.05, 3.63) is 66.2 Å². The summed E-state index contributed by atoms with van der Waals surface area (Å²) >= 11 is 0. The molecule has 0 heterocycles. The molecule has 0 saturated carbocycles. The van der Waals surface area contributed by atoms with E-state index in [9.17, 15) is 4.79 Å². The normalized spacial score (nSPS) is 10.5. The van der Waals surface area contributed by atoms with Crippen LogP contribution in [0.15, 0.2) is 65.8 Å². The van der Waals surface area contributed by atoms with Gasteiger partial charge in [0.25, 0.3) is 5.91 Å². The molecule has 0 atom stereocenters. The first-order chi connectivity index (χ1) is 10.3. The Morgan fingerprint density at radius 1 is 1.10 bits per heavy atom. The molecule has 0 aliphatic carbocycles. The van der Waals surface area contributed by atoms with E-state index in [2.05, 4.69) is 10.5 Å². The average Bonchev–Trinajstić information content (AvgIpc) is 2.53. The standard InChI is InChI=1S/C16H13N3O2/c17-11-15(13-7-3-1-4-8-13)19-21-12-16(20)18-14-9-5-2-6-10-14/h1-10H,12H2,(H,18,20)/b19-15-. The number of rotatable bonds is 5. The van der Waals surface area contributed by atoms with Crippen LogP contribution in [0.25, 0.3) is 0 Å². The van der Waals surface area contributed by atoms with Crippen molar-refractivity contribution in [2.45, 2.75) is 0 Å². The molecule has 0 unspecified atom stereocenters. The Kier molecular flexibility index (Phi) is 5.07. The van der Waals surface area contributed by atoms with Crippen LogP contribution in [0, 0.1) is 11.3 Å². The summed E-state index contributed by atoms with van der Waals surface area (Å²) in [7, 11) is 0. The number of hydrogen-bond donors (Lipinski definition) is 1. The number of benzene rings is 2. The molecular formula is C16H13N3O2. The summed E-state index contributed by atoms with van der Waals surface area (Å²) in [6.07, 6.45) is 0. The molecule has 1 amide bonds. The van der Waals surface area contributed by atoms with Crippen molar-refractivity contribution >= 4 is 17.3 Å². The van der Waals surface area contributed by atoms with Gasteiger partial charge in [-0.2, -0.15) is 5.26 Å². The highest BCUT2D eigenvalue weighted by molar-refractivity contribution is 6.11. The van der Waals surface area contributed by atoms with Gasteiger partial charge in [0.15, 0.2) is 12.3 Å². The number of oxime groups is 1. The minimum absolute atomic E-state index is 0.128. The van der Waals surface area contributed by atoms with Crippen LogP contribution in [0.2, 0.25) is 0 Å². The highest BCUT2D eigenvalue weighted by atomic mass is 16.6. The molecule has 2 aromatic rings. The molecule has 0 spiro atoms. The second-order valence-corrected chi connectivity index (χ2v) is 4.11. The van der Waals surface area contributed by atoms with Gasteiger partial charge in [0, 0.05) is 11.3 Å². The second kappa shape index (κ2) is 7.46. The number of anilines is 1. The zero-order valence-corrected chi connectivity index (χ0v) is 11.2. The smallest absolute Gasteiger partial charge is 0.265 e. The van der Waals surface area contributed by atoms with Crippen molar-refractivity contribution in [1.29, 1.82) is 5.26 Å². The van der Waals surface area contributed by atoms with E-state index in [1.165, 1.54) is 0 Å². The molecule has 21 heavy (non-hydrogen) atoms. The Balaban J connectivity index is 1.89. The molecule has 0 saturated heterocycles. The minimum atomic E-state index is -0.338. The van der Waals surface area contributed by atoms with Crippen LogP contribution in [0.1, 0.15) is 5.56 Å². The van der Waals surface area contributed by atoms with Crippen molar-refractivity contribution in [1.82, 2.24) is 0 Å². The Labute approximate surface area is 122 Å². The minimum Gasteiger partial charge on any atom is -0.385 e. The molecule has 0 aromatic heterocycles. The number of hydrogen-bond acceptors (Lipinski definition) is 4. The van der Waals surface area contributed by atoms with E-state index in [0.29, 0.717) is 11.3 Å². The van der Waals surface area contributed by atoms with Crippen LogP contribution in [0.5, 0.6) is 0 Å². The maximum absolute atomic E-state index is 11.6. The van der Waals surface area contributed by atoms with Crippen molar-refractivity contribution in [3.8, 4) is 6.07 Å². The van der Waals surface area contributed by atoms with Gasteiger partial charge in [0.05, 0.1) is 0 Å². The van der Waals surface area contributed by atoms with Crippen molar-refractivity contribution in [2.75, 3.05) is 11.9 Å². The molecule has 2 rings (SSSR count). The van der Waals surface area contributed by atoms with Crippen LogP contribution in [-0.2, 0) is 9.63 Å². The lowest BCUT2D eigenvalue weighted by atomic mass is 10.1. The predicted molar refractivity (Wildman–Crippen MR) is 79.6 cm³/mol. The first-order valence-electron chi connectivity index (χ1n) is 6.30. The molecule has 104 valence electrons. The first kappa shape index (κ1) is 14.3. The van der Waals surface area contributed by atoms with E-state index in [1.807, 2.05) is 30.3 Å². The van der Waals surface area contributed by atoms with Gasteiger partial charge < -0.3 is 10.2 Å². The molecular weight excluding hydrogens is 266 g/mol. The van der Waals surface area contributed by atoms with E-state index in [-0.39, 0.29) is 18.2 Å². The molecule has 5 heteroatoms. The second-order valence-electron chi connectivity index (χ2n) is 4.11. The number of amides is 1. The first-order valence-corrected chi connectivity index (χ1v) is 6.30. The SMILES string of the molecule is N#C/C(=N/OCC(=O)Nc1ccccc1)c1ccccc1. The molecule has 0 radical (unpaired) electrons. The van der Waals surface area contributed by atoms with Crippen LogP contribution in [0.4, 0.5) is 5.69 Å². The van der Waals surface area contributed by atoms with Crippen LogP contribution in [-0.4, -0.2) is 18.2 Å². The van der Waals surface area contributed by atoms with E-state index in [4.69, 9.17) is 10.1 Å². The average molecular weight is 279 g/mol. The van der Waals surface area contributed by atoms with E-state index >= 15 is 0 Å². The van der Waals surface area contributed by atoms with Crippen LogP contribution in [0.3, 0.4) is 0 Å². The molecule has 0 aliphatic heterocycles. The zero-order chi connectivity index (χ0) is 14.9. The summed E-state index contributed by atoms with van der Waals surface area (Å²) in [5.41, 5.74) is 1.45. The summed E-state index contributed by atoms with van der Waals surface area (Å²) in [5.74, 6) is -0.338. The van der Waals surface area contributed by atoms with Crippen molar-refractivity contribution < 1.29 is 9.63 Å². The lowest BCUT2D eigenvalue weighted by Crippen LogP contribution is -2.17. The number of carbonyl (C=O) groups is 1. The Hall–Kier alpha value is -3.13. The Bertz CT molecular complexity index is 661. The Morgan fingerprint density at radius 3 is 2.33 bits per heavy atom. The number of nitriles is 1. The van der Waals surface area contributed by atoms with Crippen molar-refractivity contribution in [3.63, 3.8) is 0 Å². The monoisotopic (exact) mass is 279 g/mol. The Morgan fingerprint density at radius 2 is 1.71 bits per heavy atom. The van der Waals surface area contributed by atoms with E-state index in [0.717, 1.165) is 0 Å².